The lowest BCUT2D eigenvalue weighted by atomic mass is 10.2. The number of methoxy groups -OCH3 is 1. The summed E-state index contributed by atoms with van der Waals surface area (Å²) >= 11 is 7.21. The SMILES string of the molecule is COc1ccccc1/C=N\NC(=O)c1sc(-c2ccc(Cl)cc2)cc1N. The van der Waals surface area contributed by atoms with E-state index < -0.39 is 0 Å². The Bertz CT molecular complexity index is 952. The van der Waals surface area contributed by atoms with Gasteiger partial charge in [-0.25, -0.2) is 5.43 Å². The van der Waals surface area contributed by atoms with Crippen molar-refractivity contribution < 1.29 is 9.53 Å². The first kappa shape index (κ1) is 18.0. The van der Waals surface area contributed by atoms with E-state index in [9.17, 15) is 4.79 Å². The number of carbonyl (C=O) groups is 1. The van der Waals surface area contributed by atoms with E-state index in [1.54, 1.807) is 25.3 Å². The van der Waals surface area contributed by atoms with Crippen molar-refractivity contribution >= 4 is 40.7 Å². The average molecular weight is 386 g/mol. The number of hydrogen-bond acceptors (Lipinski definition) is 5. The Kier molecular flexibility index (Phi) is 5.55. The monoisotopic (exact) mass is 385 g/mol. The number of amides is 1. The average Bonchev–Trinajstić information content (AvgIpc) is 3.04. The summed E-state index contributed by atoms with van der Waals surface area (Å²) < 4.78 is 5.24. The molecule has 0 saturated carbocycles. The lowest BCUT2D eigenvalue weighted by molar-refractivity contribution is 0.0960. The van der Waals surface area contributed by atoms with Crippen LogP contribution in [0.2, 0.25) is 5.02 Å². The maximum atomic E-state index is 12.4. The molecule has 1 amide bonds. The van der Waals surface area contributed by atoms with Gasteiger partial charge in [0.05, 0.1) is 19.0 Å². The van der Waals surface area contributed by atoms with Crippen LogP contribution < -0.4 is 15.9 Å². The van der Waals surface area contributed by atoms with Crippen LogP contribution in [0.15, 0.2) is 59.7 Å². The minimum atomic E-state index is -0.362. The predicted molar refractivity (Wildman–Crippen MR) is 107 cm³/mol. The molecule has 0 unspecified atom stereocenters. The van der Waals surface area contributed by atoms with Crippen molar-refractivity contribution in [1.82, 2.24) is 5.43 Å². The minimum Gasteiger partial charge on any atom is -0.496 e. The number of hydrazone groups is 1. The van der Waals surface area contributed by atoms with Crippen LogP contribution in [-0.4, -0.2) is 19.2 Å². The molecule has 132 valence electrons. The molecule has 2 aromatic carbocycles. The molecule has 26 heavy (non-hydrogen) atoms. The van der Waals surface area contributed by atoms with Crippen molar-refractivity contribution in [3.8, 4) is 16.2 Å². The number of carbonyl (C=O) groups excluding carboxylic acids is 1. The van der Waals surface area contributed by atoms with E-state index in [1.165, 1.54) is 17.6 Å². The summed E-state index contributed by atoms with van der Waals surface area (Å²) in [6.07, 6.45) is 1.53. The maximum absolute atomic E-state index is 12.4. The second kappa shape index (κ2) is 8.03. The largest absolute Gasteiger partial charge is 0.496 e. The van der Waals surface area contributed by atoms with Crippen molar-refractivity contribution in [3.05, 3.63) is 70.1 Å². The van der Waals surface area contributed by atoms with Gasteiger partial charge in [0, 0.05) is 15.5 Å². The van der Waals surface area contributed by atoms with E-state index in [4.69, 9.17) is 22.1 Å². The number of ether oxygens (including phenoxy) is 1. The van der Waals surface area contributed by atoms with E-state index in [1.807, 2.05) is 36.4 Å². The van der Waals surface area contributed by atoms with Crippen molar-refractivity contribution in [3.63, 3.8) is 0 Å². The molecule has 3 rings (SSSR count). The number of nitrogen functional groups attached to an aromatic ring is 1. The Morgan fingerprint density at radius 2 is 1.96 bits per heavy atom. The molecule has 0 radical (unpaired) electrons. The second-order valence-electron chi connectivity index (χ2n) is 5.34. The van der Waals surface area contributed by atoms with Crippen LogP contribution in [0.25, 0.3) is 10.4 Å². The molecule has 0 bridgehead atoms. The fourth-order valence-electron chi connectivity index (χ4n) is 2.32. The Labute approximate surface area is 160 Å². The van der Waals surface area contributed by atoms with Gasteiger partial charge in [0.1, 0.15) is 10.6 Å². The van der Waals surface area contributed by atoms with Crippen LogP contribution in [0.3, 0.4) is 0 Å². The van der Waals surface area contributed by atoms with E-state index in [0.717, 1.165) is 16.0 Å². The molecule has 0 aliphatic rings. The van der Waals surface area contributed by atoms with Gasteiger partial charge in [-0.1, -0.05) is 35.9 Å². The number of hydrogen-bond donors (Lipinski definition) is 2. The van der Waals surface area contributed by atoms with Gasteiger partial charge in [-0.2, -0.15) is 5.10 Å². The summed E-state index contributed by atoms with van der Waals surface area (Å²) in [7, 11) is 1.58. The summed E-state index contributed by atoms with van der Waals surface area (Å²) in [6.45, 7) is 0. The molecule has 0 spiro atoms. The lowest BCUT2D eigenvalue weighted by Gasteiger charge is -2.03. The summed E-state index contributed by atoms with van der Waals surface area (Å²) in [6, 6.07) is 16.5. The molecule has 0 aliphatic carbocycles. The highest BCUT2D eigenvalue weighted by atomic mass is 35.5. The fraction of sp³-hybridized carbons (Fsp3) is 0.0526. The molecule has 0 saturated heterocycles. The molecular formula is C19H16ClN3O2S. The van der Waals surface area contributed by atoms with Gasteiger partial charge in [0.25, 0.3) is 5.91 Å². The van der Waals surface area contributed by atoms with Crippen molar-refractivity contribution in [2.24, 2.45) is 5.10 Å². The van der Waals surface area contributed by atoms with Crippen LogP contribution in [0, 0.1) is 0 Å². The molecule has 3 N–H and O–H groups in total. The quantitative estimate of drug-likeness (QED) is 0.504. The highest BCUT2D eigenvalue weighted by Crippen LogP contribution is 2.33. The number of nitrogens with zero attached hydrogens (tertiary/aromatic N) is 1. The number of anilines is 1. The van der Waals surface area contributed by atoms with Crippen LogP contribution >= 0.6 is 22.9 Å². The first-order valence-corrected chi connectivity index (χ1v) is 8.89. The van der Waals surface area contributed by atoms with Crippen molar-refractivity contribution in [1.29, 1.82) is 0 Å². The highest BCUT2D eigenvalue weighted by molar-refractivity contribution is 7.18. The first-order valence-electron chi connectivity index (χ1n) is 7.70. The zero-order chi connectivity index (χ0) is 18.5. The molecule has 7 heteroatoms. The molecule has 5 nitrogen and oxygen atoms in total. The number of nitrogens with one attached hydrogen (secondary N) is 1. The van der Waals surface area contributed by atoms with Gasteiger partial charge in [0.15, 0.2) is 0 Å². The Morgan fingerprint density at radius 1 is 1.23 bits per heavy atom. The number of nitrogens with two attached hydrogens (primary N) is 1. The van der Waals surface area contributed by atoms with Gasteiger partial charge in [-0.15, -0.1) is 11.3 Å². The third-order valence-electron chi connectivity index (χ3n) is 3.60. The Hall–Kier alpha value is -2.83. The third kappa shape index (κ3) is 4.04. The van der Waals surface area contributed by atoms with E-state index in [-0.39, 0.29) is 5.91 Å². The number of rotatable bonds is 5. The lowest BCUT2D eigenvalue weighted by Crippen LogP contribution is -2.17. The summed E-state index contributed by atoms with van der Waals surface area (Å²) in [5.74, 6) is 0.310. The van der Waals surface area contributed by atoms with Gasteiger partial charge in [0.2, 0.25) is 0 Å². The van der Waals surface area contributed by atoms with Gasteiger partial charge < -0.3 is 10.5 Å². The topological polar surface area (TPSA) is 76.7 Å². The van der Waals surface area contributed by atoms with Gasteiger partial charge >= 0.3 is 0 Å². The minimum absolute atomic E-state index is 0.362. The standard InChI is InChI=1S/C19H16ClN3O2S/c1-25-16-5-3-2-4-13(16)11-22-23-19(24)18-15(21)10-17(26-18)12-6-8-14(20)9-7-12/h2-11H,21H2,1H3,(H,23,24)/b22-11-. The smallest absolute Gasteiger partial charge is 0.283 e. The third-order valence-corrected chi connectivity index (χ3v) is 5.06. The predicted octanol–water partition coefficient (Wildman–Crippen LogP) is 4.42. The number of thiophene rings is 1. The zero-order valence-corrected chi connectivity index (χ0v) is 15.5. The first-order chi connectivity index (χ1) is 12.6. The molecule has 0 aliphatic heterocycles. The number of para-hydroxylation sites is 1. The molecule has 3 aromatic rings. The van der Waals surface area contributed by atoms with Crippen LogP contribution in [0.1, 0.15) is 15.2 Å². The Balaban J connectivity index is 1.74. The van der Waals surface area contributed by atoms with Crippen LogP contribution in [-0.2, 0) is 0 Å². The van der Waals surface area contributed by atoms with E-state index >= 15 is 0 Å². The second-order valence-corrected chi connectivity index (χ2v) is 6.83. The fourth-order valence-corrected chi connectivity index (χ4v) is 3.42. The molecule has 0 fully saturated rings. The molecular weight excluding hydrogens is 370 g/mol. The number of halogens is 1. The van der Waals surface area contributed by atoms with Gasteiger partial charge in [-0.05, 0) is 35.9 Å². The summed E-state index contributed by atoms with van der Waals surface area (Å²) in [4.78, 5) is 13.7. The normalized spacial score (nSPS) is 10.8. The highest BCUT2D eigenvalue weighted by Gasteiger charge is 2.15. The summed E-state index contributed by atoms with van der Waals surface area (Å²) in [5, 5.41) is 4.64. The molecule has 1 aromatic heterocycles. The Morgan fingerprint density at radius 3 is 2.69 bits per heavy atom. The van der Waals surface area contributed by atoms with E-state index in [0.29, 0.717) is 21.3 Å². The number of benzene rings is 2. The van der Waals surface area contributed by atoms with E-state index in [2.05, 4.69) is 10.5 Å². The van der Waals surface area contributed by atoms with Crippen LogP contribution in [0.4, 0.5) is 5.69 Å². The molecule has 1 heterocycles. The van der Waals surface area contributed by atoms with Crippen molar-refractivity contribution in [2.75, 3.05) is 12.8 Å². The van der Waals surface area contributed by atoms with Crippen LogP contribution in [0.5, 0.6) is 5.75 Å². The summed E-state index contributed by atoms with van der Waals surface area (Å²) in [5.41, 5.74) is 10.6. The van der Waals surface area contributed by atoms with Crippen molar-refractivity contribution in [2.45, 2.75) is 0 Å². The van der Waals surface area contributed by atoms with Gasteiger partial charge in [-0.3, -0.25) is 4.79 Å². The molecule has 0 atom stereocenters. The zero-order valence-electron chi connectivity index (χ0n) is 13.9. The maximum Gasteiger partial charge on any atom is 0.283 e.